The van der Waals surface area contributed by atoms with Gasteiger partial charge in [0, 0.05) is 31.0 Å². The Balaban J connectivity index is 1.84. The molecule has 1 N–H and O–H groups in total. The van der Waals surface area contributed by atoms with Crippen LogP contribution in [0.2, 0.25) is 0 Å². The van der Waals surface area contributed by atoms with Crippen molar-refractivity contribution in [3.8, 4) is 11.3 Å². The Labute approximate surface area is 113 Å². The van der Waals surface area contributed by atoms with Gasteiger partial charge in [-0.05, 0) is 36.9 Å². The molecule has 4 nitrogen and oxygen atoms in total. The molecule has 1 saturated heterocycles. The van der Waals surface area contributed by atoms with E-state index in [-0.39, 0.29) is 0 Å². The summed E-state index contributed by atoms with van der Waals surface area (Å²) in [6.07, 6.45) is 10.1. The average Bonchev–Trinajstić information content (AvgIpc) is 2.88. The van der Waals surface area contributed by atoms with Gasteiger partial charge in [0.05, 0.1) is 18.2 Å². The molecule has 0 aliphatic carbocycles. The summed E-state index contributed by atoms with van der Waals surface area (Å²) < 4.78 is 2.25. The van der Waals surface area contributed by atoms with Crippen LogP contribution in [0.15, 0.2) is 37.1 Å². The normalized spacial score (nSPS) is 23.4. The molecular formula is C15H20N4. The van der Waals surface area contributed by atoms with Crippen LogP contribution in [0.25, 0.3) is 11.3 Å². The van der Waals surface area contributed by atoms with Crippen molar-refractivity contribution in [3.63, 3.8) is 0 Å². The lowest BCUT2D eigenvalue weighted by Crippen LogP contribution is -2.40. The number of piperidine rings is 1. The van der Waals surface area contributed by atoms with Gasteiger partial charge >= 0.3 is 0 Å². The second-order valence-corrected chi connectivity index (χ2v) is 5.74. The Hall–Kier alpha value is -1.68. The molecule has 100 valence electrons. The molecular weight excluding hydrogens is 236 g/mol. The first-order valence-corrected chi connectivity index (χ1v) is 6.88. The Morgan fingerprint density at radius 1 is 1.37 bits per heavy atom. The molecule has 0 aromatic carbocycles. The predicted octanol–water partition coefficient (Wildman–Crippen LogP) is 2.33. The number of nitrogens with zero attached hydrogens (tertiary/aromatic N) is 3. The molecule has 3 rings (SSSR count). The van der Waals surface area contributed by atoms with Crippen molar-refractivity contribution >= 4 is 0 Å². The highest BCUT2D eigenvalue weighted by molar-refractivity contribution is 5.57. The first-order valence-electron chi connectivity index (χ1n) is 6.88. The zero-order valence-electron chi connectivity index (χ0n) is 11.3. The molecule has 1 fully saturated rings. The number of nitrogens with one attached hydrogen (secondary N) is 1. The topological polar surface area (TPSA) is 42.7 Å². The predicted molar refractivity (Wildman–Crippen MR) is 75.7 cm³/mol. The lowest BCUT2D eigenvalue weighted by atomic mass is 9.82. The van der Waals surface area contributed by atoms with Gasteiger partial charge in [-0.2, -0.15) is 0 Å². The maximum Gasteiger partial charge on any atom is 0.0951 e. The Morgan fingerprint density at radius 3 is 3.05 bits per heavy atom. The van der Waals surface area contributed by atoms with Crippen LogP contribution < -0.4 is 5.32 Å². The molecule has 3 heterocycles. The van der Waals surface area contributed by atoms with Crippen LogP contribution in [0.3, 0.4) is 0 Å². The number of rotatable bonds is 3. The largest absolute Gasteiger partial charge is 0.330 e. The van der Waals surface area contributed by atoms with Crippen molar-refractivity contribution in [2.45, 2.75) is 26.3 Å². The summed E-state index contributed by atoms with van der Waals surface area (Å²) in [5, 5.41) is 3.50. The molecule has 0 radical (unpaired) electrons. The van der Waals surface area contributed by atoms with E-state index in [9.17, 15) is 0 Å². The highest BCUT2D eigenvalue weighted by Crippen LogP contribution is 2.29. The quantitative estimate of drug-likeness (QED) is 0.916. The van der Waals surface area contributed by atoms with Crippen LogP contribution in [0.5, 0.6) is 0 Å². The van der Waals surface area contributed by atoms with Gasteiger partial charge in [0.1, 0.15) is 0 Å². The lowest BCUT2D eigenvalue weighted by Gasteiger charge is -2.34. The fourth-order valence-electron chi connectivity index (χ4n) is 2.87. The molecule has 1 unspecified atom stereocenters. The zero-order chi connectivity index (χ0) is 13.1. The summed E-state index contributed by atoms with van der Waals surface area (Å²) in [5.41, 5.74) is 2.60. The molecule has 2 aromatic heterocycles. The Morgan fingerprint density at radius 2 is 2.32 bits per heavy atom. The van der Waals surface area contributed by atoms with Crippen LogP contribution in [-0.4, -0.2) is 27.6 Å². The van der Waals surface area contributed by atoms with Crippen LogP contribution >= 0.6 is 0 Å². The second-order valence-electron chi connectivity index (χ2n) is 5.74. The Kier molecular flexibility index (Phi) is 3.34. The van der Waals surface area contributed by atoms with E-state index >= 15 is 0 Å². The van der Waals surface area contributed by atoms with Gasteiger partial charge in [0.25, 0.3) is 0 Å². The van der Waals surface area contributed by atoms with Gasteiger partial charge in [-0.3, -0.25) is 4.98 Å². The van der Waals surface area contributed by atoms with Crippen molar-refractivity contribution in [1.82, 2.24) is 19.9 Å². The van der Waals surface area contributed by atoms with Crippen molar-refractivity contribution in [1.29, 1.82) is 0 Å². The minimum atomic E-state index is 0.315. The minimum absolute atomic E-state index is 0.315. The molecule has 0 spiro atoms. The monoisotopic (exact) mass is 256 g/mol. The maximum absolute atomic E-state index is 4.31. The summed E-state index contributed by atoms with van der Waals surface area (Å²) in [6, 6.07) is 4.05. The molecule has 1 aliphatic heterocycles. The third-order valence-corrected chi connectivity index (χ3v) is 3.91. The van der Waals surface area contributed by atoms with Crippen LogP contribution in [0.1, 0.15) is 19.8 Å². The first kappa shape index (κ1) is 12.4. The van der Waals surface area contributed by atoms with E-state index in [0.717, 1.165) is 30.9 Å². The molecule has 4 heteroatoms. The van der Waals surface area contributed by atoms with Gasteiger partial charge in [-0.25, -0.2) is 4.98 Å². The SMILES string of the molecule is CC1(Cn2cncc2-c2cccnc2)CCCNC1. The van der Waals surface area contributed by atoms with Gasteiger partial charge in [0.15, 0.2) is 0 Å². The standard InChI is InChI=1S/C15H20N4/c1-15(5-3-7-17-10-15)11-19-12-18-9-14(19)13-4-2-6-16-8-13/h2,4,6,8-9,12,17H,3,5,7,10-11H2,1H3. The van der Waals surface area contributed by atoms with E-state index < -0.39 is 0 Å². The van der Waals surface area contributed by atoms with E-state index in [1.807, 2.05) is 24.8 Å². The molecule has 0 bridgehead atoms. The average molecular weight is 256 g/mol. The summed E-state index contributed by atoms with van der Waals surface area (Å²) in [7, 11) is 0. The number of hydrogen-bond donors (Lipinski definition) is 1. The van der Waals surface area contributed by atoms with E-state index in [2.05, 4.69) is 32.8 Å². The first-order chi connectivity index (χ1) is 9.27. The molecule has 2 aromatic rings. The molecule has 1 atom stereocenters. The smallest absolute Gasteiger partial charge is 0.0951 e. The fourth-order valence-corrected chi connectivity index (χ4v) is 2.87. The van der Waals surface area contributed by atoms with Crippen LogP contribution in [0.4, 0.5) is 0 Å². The summed E-state index contributed by atoms with van der Waals surface area (Å²) >= 11 is 0. The molecule has 0 amide bonds. The fraction of sp³-hybridized carbons (Fsp3) is 0.467. The van der Waals surface area contributed by atoms with Gasteiger partial charge in [-0.1, -0.05) is 6.92 Å². The van der Waals surface area contributed by atoms with E-state index in [1.165, 1.54) is 12.8 Å². The number of imidazole rings is 1. The summed E-state index contributed by atoms with van der Waals surface area (Å²) in [5.74, 6) is 0. The van der Waals surface area contributed by atoms with Gasteiger partial charge < -0.3 is 9.88 Å². The second kappa shape index (κ2) is 5.13. The highest BCUT2D eigenvalue weighted by atomic mass is 15.1. The van der Waals surface area contributed by atoms with Crippen molar-refractivity contribution in [3.05, 3.63) is 37.1 Å². The summed E-state index contributed by atoms with van der Waals surface area (Å²) in [6.45, 7) is 5.59. The number of aromatic nitrogens is 3. The highest BCUT2D eigenvalue weighted by Gasteiger charge is 2.27. The van der Waals surface area contributed by atoms with Crippen LogP contribution in [0, 0.1) is 5.41 Å². The van der Waals surface area contributed by atoms with E-state index in [0.29, 0.717) is 5.41 Å². The molecule has 0 saturated carbocycles. The molecule has 19 heavy (non-hydrogen) atoms. The van der Waals surface area contributed by atoms with E-state index in [4.69, 9.17) is 0 Å². The number of hydrogen-bond acceptors (Lipinski definition) is 3. The minimum Gasteiger partial charge on any atom is -0.330 e. The molecule has 1 aliphatic rings. The van der Waals surface area contributed by atoms with Crippen molar-refractivity contribution in [2.24, 2.45) is 5.41 Å². The Bertz CT molecular complexity index is 526. The van der Waals surface area contributed by atoms with Crippen molar-refractivity contribution in [2.75, 3.05) is 13.1 Å². The summed E-state index contributed by atoms with van der Waals surface area (Å²) in [4.78, 5) is 8.50. The third-order valence-electron chi connectivity index (χ3n) is 3.91. The number of pyridine rings is 1. The van der Waals surface area contributed by atoms with Gasteiger partial charge in [-0.15, -0.1) is 0 Å². The van der Waals surface area contributed by atoms with Crippen molar-refractivity contribution < 1.29 is 0 Å². The lowest BCUT2D eigenvalue weighted by molar-refractivity contribution is 0.202. The maximum atomic E-state index is 4.31. The third kappa shape index (κ3) is 2.68. The van der Waals surface area contributed by atoms with Gasteiger partial charge in [0.2, 0.25) is 0 Å². The zero-order valence-corrected chi connectivity index (χ0v) is 11.3. The van der Waals surface area contributed by atoms with Crippen LogP contribution in [-0.2, 0) is 6.54 Å². The van der Waals surface area contributed by atoms with E-state index in [1.54, 1.807) is 6.20 Å².